The molecular formula is C26H33N5O2S. The highest BCUT2D eigenvalue weighted by Crippen LogP contribution is 2.24. The van der Waals surface area contributed by atoms with Gasteiger partial charge >= 0.3 is 0 Å². The molecular weight excluding hydrogens is 446 g/mol. The molecule has 7 nitrogen and oxygen atoms in total. The van der Waals surface area contributed by atoms with Gasteiger partial charge in [-0.15, -0.1) is 10.2 Å². The molecule has 0 N–H and O–H groups in total. The second-order valence-corrected chi connectivity index (χ2v) is 9.94. The average molecular weight is 480 g/mol. The van der Waals surface area contributed by atoms with Gasteiger partial charge in [0, 0.05) is 52.1 Å². The molecule has 0 aliphatic carbocycles. The molecule has 3 aromatic rings. The first-order valence-electron chi connectivity index (χ1n) is 11.7. The van der Waals surface area contributed by atoms with E-state index in [1.165, 1.54) is 17.3 Å². The zero-order chi connectivity index (χ0) is 24.1. The lowest BCUT2D eigenvalue weighted by atomic mass is 10.1. The predicted octanol–water partition coefficient (Wildman–Crippen LogP) is 4.16. The lowest BCUT2D eigenvalue weighted by Crippen LogP contribution is -2.38. The first kappa shape index (κ1) is 24.3. The van der Waals surface area contributed by atoms with E-state index in [9.17, 15) is 4.79 Å². The van der Waals surface area contributed by atoms with Crippen LogP contribution < -0.4 is 4.90 Å². The van der Waals surface area contributed by atoms with Crippen molar-refractivity contribution >= 4 is 23.4 Å². The van der Waals surface area contributed by atoms with Gasteiger partial charge in [-0.05, 0) is 43.5 Å². The van der Waals surface area contributed by atoms with Gasteiger partial charge < -0.3 is 19.1 Å². The Morgan fingerprint density at radius 2 is 1.97 bits per heavy atom. The minimum atomic E-state index is 0.0808. The second-order valence-electron chi connectivity index (χ2n) is 8.99. The fraction of sp³-hybridized carbons (Fsp3) is 0.423. The Labute approximate surface area is 206 Å². The average Bonchev–Trinajstić information content (AvgIpc) is 3.47. The van der Waals surface area contributed by atoms with Gasteiger partial charge in [0.15, 0.2) is 11.0 Å². The van der Waals surface area contributed by atoms with E-state index in [4.69, 9.17) is 4.74 Å². The molecule has 4 rings (SSSR count). The number of benzene rings is 2. The van der Waals surface area contributed by atoms with Gasteiger partial charge in [-0.2, -0.15) is 0 Å². The zero-order valence-electron chi connectivity index (χ0n) is 20.4. The van der Waals surface area contributed by atoms with Crippen molar-refractivity contribution in [3.63, 3.8) is 0 Å². The first-order chi connectivity index (χ1) is 16.4. The van der Waals surface area contributed by atoms with Crippen molar-refractivity contribution < 1.29 is 9.53 Å². The molecule has 0 unspecified atom stereocenters. The third kappa shape index (κ3) is 5.98. The summed E-state index contributed by atoms with van der Waals surface area (Å²) in [7, 11) is 5.99. The number of hydrogen-bond donors (Lipinski definition) is 0. The van der Waals surface area contributed by atoms with Crippen LogP contribution >= 0.6 is 11.8 Å². The fourth-order valence-electron chi connectivity index (χ4n) is 4.10. The number of amides is 1. The third-order valence-corrected chi connectivity index (χ3v) is 7.07. The third-order valence-electron chi connectivity index (χ3n) is 6.06. The lowest BCUT2D eigenvalue weighted by Gasteiger charge is -2.26. The number of thioether (sulfide) groups is 1. The molecule has 2 aromatic carbocycles. The Bertz CT molecular complexity index is 1110. The van der Waals surface area contributed by atoms with E-state index in [1.54, 1.807) is 0 Å². The second kappa shape index (κ2) is 11.1. The lowest BCUT2D eigenvalue weighted by molar-refractivity contribution is -0.130. The summed E-state index contributed by atoms with van der Waals surface area (Å²) < 4.78 is 7.79. The molecule has 1 atom stereocenters. The number of aromatic nitrogens is 3. The summed E-state index contributed by atoms with van der Waals surface area (Å²) in [5.74, 6) is 1.19. The van der Waals surface area contributed by atoms with Crippen LogP contribution in [0.5, 0.6) is 0 Å². The van der Waals surface area contributed by atoms with Crippen LogP contribution in [0.3, 0.4) is 0 Å². The SMILES string of the molecule is Cc1cccc(-c2nnc(SCC(=O)N(Cc3ccc(N(C)C)cc3)C[C@H]3CCCO3)n2C)c1. The normalized spacial score (nSPS) is 15.5. The van der Waals surface area contributed by atoms with Crippen LogP contribution in [0, 0.1) is 6.92 Å². The van der Waals surface area contributed by atoms with Crippen LogP contribution in [0.25, 0.3) is 11.4 Å². The number of rotatable bonds is 9. The van der Waals surface area contributed by atoms with Crippen LogP contribution in [0.2, 0.25) is 0 Å². The van der Waals surface area contributed by atoms with Gasteiger partial charge in [0.2, 0.25) is 5.91 Å². The van der Waals surface area contributed by atoms with Crippen molar-refractivity contribution in [1.82, 2.24) is 19.7 Å². The zero-order valence-corrected chi connectivity index (χ0v) is 21.2. The summed E-state index contributed by atoms with van der Waals surface area (Å²) in [4.78, 5) is 17.3. The van der Waals surface area contributed by atoms with E-state index in [0.29, 0.717) is 18.8 Å². The molecule has 1 saturated heterocycles. The molecule has 1 aliphatic heterocycles. The largest absolute Gasteiger partial charge is 0.378 e. The highest BCUT2D eigenvalue weighted by atomic mass is 32.2. The molecule has 1 aliphatic rings. The van der Waals surface area contributed by atoms with Gasteiger partial charge in [0.25, 0.3) is 0 Å². The van der Waals surface area contributed by atoms with Crippen molar-refractivity contribution in [3.05, 3.63) is 59.7 Å². The van der Waals surface area contributed by atoms with Crippen LogP contribution in [0.15, 0.2) is 53.7 Å². The van der Waals surface area contributed by atoms with Crippen molar-refractivity contribution in [3.8, 4) is 11.4 Å². The number of nitrogens with zero attached hydrogens (tertiary/aromatic N) is 5. The summed E-state index contributed by atoms with van der Waals surface area (Å²) in [6.45, 7) is 4.02. The molecule has 34 heavy (non-hydrogen) atoms. The van der Waals surface area contributed by atoms with Crippen molar-refractivity contribution in [2.24, 2.45) is 7.05 Å². The Balaban J connectivity index is 1.44. The molecule has 180 valence electrons. The first-order valence-corrected chi connectivity index (χ1v) is 12.6. The number of hydrogen-bond acceptors (Lipinski definition) is 6. The van der Waals surface area contributed by atoms with E-state index < -0.39 is 0 Å². The Morgan fingerprint density at radius 3 is 2.65 bits per heavy atom. The van der Waals surface area contributed by atoms with Crippen LogP contribution in [-0.2, 0) is 23.1 Å². The molecule has 0 spiro atoms. The molecule has 0 radical (unpaired) electrons. The van der Waals surface area contributed by atoms with Gasteiger partial charge in [0.05, 0.1) is 11.9 Å². The van der Waals surface area contributed by atoms with Gasteiger partial charge in [0.1, 0.15) is 0 Å². The number of carbonyl (C=O) groups is 1. The van der Waals surface area contributed by atoms with E-state index in [-0.39, 0.29) is 12.0 Å². The molecule has 2 heterocycles. The summed E-state index contributed by atoms with van der Waals surface area (Å²) in [6.07, 6.45) is 2.16. The maximum absolute atomic E-state index is 13.3. The Hall–Kier alpha value is -2.84. The van der Waals surface area contributed by atoms with Gasteiger partial charge in [-0.3, -0.25) is 4.79 Å². The van der Waals surface area contributed by atoms with E-state index >= 15 is 0 Å². The summed E-state index contributed by atoms with van der Waals surface area (Å²) in [6, 6.07) is 16.6. The molecule has 1 amide bonds. The van der Waals surface area contributed by atoms with E-state index in [1.807, 2.05) is 42.7 Å². The van der Waals surface area contributed by atoms with Crippen molar-refractivity contribution in [2.75, 3.05) is 37.9 Å². The highest BCUT2D eigenvalue weighted by Gasteiger charge is 2.24. The highest BCUT2D eigenvalue weighted by molar-refractivity contribution is 7.99. The van der Waals surface area contributed by atoms with E-state index in [2.05, 4.69) is 58.4 Å². The van der Waals surface area contributed by atoms with Gasteiger partial charge in [-0.25, -0.2) is 0 Å². The molecule has 1 fully saturated rings. The number of aryl methyl sites for hydroxylation is 1. The number of anilines is 1. The fourth-order valence-corrected chi connectivity index (χ4v) is 4.92. The smallest absolute Gasteiger partial charge is 0.233 e. The Morgan fingerprint density at radius 1 is 1.18 bits per heavy atom. The minimum Gasteiger partial charge on any atom is -0.378 e. The molecule has 1 aromatic heterocycles. The van der Waals surface area contributed by atoms with Crippen LogP contribution in [0.1, 0.15) is 24.0 Å². The summed E-state index contributed by atoms with van der Waals surface area (Å²) >= 11 is 1.43. The summed E-state index contributed by atoms with van der Waals surface area (Å²) in [5.41, 5.74) is 4.45. The van der Waals surface area contributed by atoms with Crippen molar-refractivity contribution in [2.45, 2.75) is 37.6 Å². The number of carbonyl (C=O) groups excluding carboxylic acids is 1. The van der Waals surface area contributed by atoms with Crippen LogP contribution in [-0.4, -0.2) is 64.7 Å². The Kier molecular flexibility index (Phi) is 7.90. The molecule has 0 bridgehead atoms. The standard InChI is InChI=1S/C26H33N5O2S/c1-19-7-5-8-21(15-19)25-27-28-26(30(25)4)34-18-24(32)31(17-23-9-6-14-33-23)16-20-10-12-22(13-11-20)29(2)3/h5,7-8,10-13,15,23H,6,9,14,16-18H2,1-4H3/t23-/m1/s1. The maximum Gasteiger partial charge on any atom is 0.233 e. The predicted molar refractivity (Wildman–Crippen MR) is 137 cm³/mol. The monoisotopic (exact) mass is 479 g/mol. The quantitative estimate of drug-likeness (QED) is 0.430. The topological polar surface area (TPSA) is 63.5 Å². The molecule has 8 heteroatoms. The van der Waals surface area contributed by atoms with E-state index in [0.717, 1.165) is 47.2 Å². The van der Waals surface area contributed by atoms with Gasteiger partial charge in [-0.1, -0.05) is 47.7 Å². The minimum absolute atomic E-state index is 0.0808. The summed E-state index contributed by atoms with van der Waals surface area (Å²) in [5, 5.41) is 9.44. The number of ether oxygens (including phenoxy) is 1. The van der Waals surface area contributed by atoms with Crippen molar-refractivity contribution in [1.29, 1.82) is 0 Å². The maximum atomic E-state index is 13.3. The van der Waals surface area contributed by atoms with Crippen LogP contribution in [0.4, 0.5) is 5.69 Å². The molecule has 0 saturated carbocycles.